The molecule has 0 aliphatic carbocycles. The van der Waals surface area contributed by atoms with Crippen molar-refractivity contribution in [1.29, 1.82) is 0 Å². The van der Waals surface area contributed by atoms with Gasteiger partial charge in [-0.3, -0.25) is 14.5 Å². The first-order valence-corrected chi connectivity index (χ1v) is 6.23. The van der Waals surface area contributed by atoms with Crippen molar-refractivity contribution in [1.82, 2.24) is 9.80 Å². The molecule has 2 atom stereocenters. The van der Waals surface area contributed by atoms with Gasteiger partial charge in [0.15, 0.2) is 0 Å². The molecule has 0 radical (unpaired) electrons. The van der Waals surface area contributed by atoms with E-state index in [2.05, 4.69) is 0 Å². The van der Waals surface area contributed by atoms with Crippen LogP contribution >= 0.6 is 0 Å². The molecule has 2 unspecified atom stereocenters. The van der Waals surface area contributed by atoms with Crippen molar-refractivity contribution in [3.05, 3.63) is 24.2 Å². The molecular weight excluding hydrogens is 248 g/mol. The van der Waals surface area contributed by atoms with E-state index in [-0.39, 0.29) is 18.5 Å². The fourth-order valence-corrected chi connectivity index (χ4v) is 2.35. The molecule has 1 aromatic heterocycles. The summed E-state index contributed by atoms with van der Waals surface area (Å²) in [4.78, 5) is 26.7. The second kappa shape index (κ2) is 5.44. The van der Waals surface area contributed by atoms with Crippen LogP contribution in [0, 0.1) is 5.92 Å². The normalized spacial score (nSPS) is 25.4. The van der Waals surface area contributed by atoms with E-state index in [1.807, 2.05) is 11.0 Å². The molecule has 0 bridgehead atoms. The monoisotopic (exact) mass is 266 g/mol. The molecule has 1 saturated heterocycles. The first-order chi connectivity index (χ1) is 8.99. The maximum absolute atomic E-state index is 12.1. The Labute approximate surface area is 111 Å². The zero-order chi connectivity index (χ0) is 14.0. The summed E-state index contributed by atoms with van der Waals surface area (Å²) in [6.07, 6.45) is 1.57. The molecular formula is C13H18N2O4. The summed E-state index contributed by atoms with van der Waals surface area (Å²) in [7, 11) is 1.64. The zero-order valence-corrected chi connectivity index (χ0v) is 11.1. The van der Waals surface area contributed by atoms with E-state index in [9.17, 15) is 14.7 Å². The molecule has 1 aliphatic heterocycles. The third-order valence-corrected chi connectivity index (χ3v) is 3.52. The maximum Gasteiger partial charge on any atom is 0.309 e. The molecule has 1 N–H and O–H groups in total. The number of carbonyl (C=O) groups is 2. The molecule has 104 valence electrons. The fourth-order valence-electron chi connectivity index (χ4n) is 2.35. The first kappa shape index (κ1) is 13.6. The van der Waals surface area contributed by atoms with Gasteiger partial charge in [0.1, 0.15) is 5.76 Å². The second-order valence-corrected chi connectivity index (χ2v) is 4.94. The minimum absolute atomic E-state index is 0.0599. The van der Waals surface area contributed by atoms with Gasteiger partial charge in [-0.05, 0) is 19.1 Å². The van der Waals surface area contributed by atoms with Gasteiger partial charge in [0.25, 0.3) is 0 Å². The van der Waals surface area contributed by atoms with Gasteiger partial charge < -0.3 is 14.4 Å². The van der Waals surface area contributed by atoms with Crippen molar-refractivity contribution < 1.29 is 19.1 Å². The number of nitrogens with zero attached hydrogens (tertiary/aromatic N) is 2. The van der Waals surface area contributed by atoms with Crippen molar-refractivity contribution in [3.8, 4) is 0 Å². The Morgan fingerprint density at radius 1 is 1.53 bits per heavy atom. The standard InChI is InChI=1S/C13H18N2O4/c1-9-12(16)14(2)6-10(13(17)18)7-15(9)8-11-4-3-5-19-11/h3-5,9-10H,6-8H2,1-2H3,(H,17,18). The molecule has 0 aromatic carbocycles. The molecule has 1 aliphatic rings. The predicted octanol–water partition coefficient (Wildman–Crippen LogP) is 0.643. The molecule has 19 heavy (non-hydrogen) atoms. The summed E-state index contributed by atoms with van der Waals surface area (Å²) in [6, 6.07) is 3.25. The number of amides is 1. The van der Waals surface area contributed by atoms with Gasteiger partial charge >= 0.3 is 5.97 Å². The SMILES string of the molecule is CC1C(=O)N(C)CC(C(=O)O)CN1Cc1ccco1. The van der Waals surface area contributed by atoms with E-state index in [1.54, 1.807) is 26.3 Å². The van der Waals surface area contributed by atoms with Crippen LogP contribution < -0.4 is 0 Å². The zero-order valence-electron chi connectivity index (χ0n) is 11.1. The lowest BCUT2D eigenvalue weighted by Crippen LogP contribution is -2.42. The number of likely N-dealkylation sites (N-methyl/N-ethyl adjacent to an activating group) is 1. The third-order valence-electron chi connectivity index (χ3n) is 3.52. The van der Waals surface area contributed by atoms with Crippen LogP contribution in [0.5, 0.6) is 0 Å². The summed E-state index contributed by atoms with van der Waals surface area (Å²) in [5.74, 6) is -0.782. The lowest BCUT2D eigenvalue weighted by atomic mass is 10.1. The average Bonchev–Trinajstić information content (AvgIpc) is 2.84. The van der Waals surface area contributed by atoms with E-state index in [0.717, 1.165) is 5.76 Å². The molecule has 0 spiro atoms. The van der Waals surface area contributed by atoms with E-state index >= 15 is 0 Å². The largest absolute Gasteiger partial charge is 0.481 e. The number of carboxylic acids is 1. The lowest BCUT2D eigenvalue weighted by Gasteiger charge is -2.26. The summed E-state index contributed by atoms with van der Waals surface area (Å²) in [5.41, 5.74) is 0. The number of hydrogen-bond donors (Lipinski definition) is 1. The van der Waals surface area contributed by atoms with Crippen LogP contribution in [0.3, 0.4) is 0 Å². The number of carboxylic acid groups (broad SMARTS) is 1. The quantitative estimate of drug-likeness (QED) is 0.869. The van der Waals surface area contributed by atoms with E-state index < -0.39 is 11.9 Å². The Hall–Kier alpha value is -1.82. The highest BCUT2D eigenvalue weighted by molar-refractivity contribution is 5.82. The Morgan fingerprint density at radius 2 is 2.26 bits per heavy atom. The van der Waals surface area contributed by atoms with Crippen molar-refractivity contribution in [2.75, 3.05) is 20.1 Å². The second-order valence-electron chi connectivity index (χ2n) is 4.94. The van der Waals surface area contributed by atoms with Crippen LogP contribution in [-0.4, -0.2) is 53.0 Å². The van der Waals surface area contributed by atoms with Crippen LogP contribution in [0.25, 0.3) is 0 Å². The highest BCUT2D eigenvalue weighted by Gasteiger charge is 2.35. The molecule has 6 nitrogen and oxygen atoms in total. The van der Waals surface area contributed by atoms with E-state index in [1.165, 1.54) is 4.90 Å². The summed E-state index contributed by atoms with van der Waals surface area (Å²) in [5, 5.41) is 9.21. The Balaban J connectivity index is 2.18. The lowest BCUT2D eigenvalue weighted by molar-refractivity contribution is -0.142. The Kier molecular flexibility index (Phi) is 3.90. The van der Waals surface area contributed by atoms with Crippen molar-refractivity contribution in [2.24, 2.45) is 5.92 Å². The van der Waals surface area contributed by atoms with Crippen LogP contribution in [0.1, 0.15) is 12.7 Å². The van der Waals surface area contributed by atoms with Gasteiger partial charge in [0.05, 0.1) is 24.8 Å². The Bertz CT molecular complexity index is 457. The van der Waals surface area contributed by atoms with Gasteiger partial charge in [-0.2, -0.15) is 0 Å². The van der Waals surface area contributed by atoms with Gasteiger partial charge in [-0.1, -0.05) is 0 Å². The van der Waals surface area contributed by atoms with Gasteiger partial charge in [0, 0.05) is 20.1 Å². The van der Waals surface area contributed by atoms with E-state index in [0.29, 0.717) is 13.1 Å². The van der Waals surface area contributed by atoms with Gasteiger partial charge in [-0.15, -0.1) is 0 Å². The highest BCUT2D eigenvalue weighted by Crippen LogP contribution is 2.18. The van der Waals surface area contributed by atoms with Crippen LogP contribution in [0.4, 0.5) is 0 Å². The number of rotatable bonds is 3. The van der Waals surface area contributed by atoms with Crippen LogP contribution in [0.2, 0.25) is 0 Å². The minimum atomic E-state index is -0.877. The molecule has 1 fully saturated rings. The fraction of sp³-hybridized carbons (Fsp3) is 0.538. The summed E-state index contributed by atoms with van der Waals surface area (Å²) >= 11 is 0. The third kappa shape index (κ3) is 2.96. The van der Waals surface area contributed by atoms with Gasteiger partial charge in [0.2, 0.25) is 5.91 Å². The average molecular weight is 266 g/mol. The summed E-state index contributed by atoms with van der Waals surface area (Å²) < 4.78 is 5.27. The van der Waals surface area contributed by atoms with Crippen molar-refractivity contribution >= 4 is 11.9 Å². The topological polar surface area (TPSA) is 74.0 Å². The molecule has 6 heteroatoms. The van der Waals surface area contributed by atoms with Crippen LogP contribution in [0.15, 0.2) is 22.8 Å². The smallest absolute Gasteiger partial charge is 0.309 e. The number of furan rings is 1. The highest BCUT2D eigenvalue weighted by atomic mass is 16.4. The predicted molar refractivity (Wildman–Crippen MR) is 67.3 cm³/mol. The number of aliphatic carboxylic acids is 1. The molecule has 1 aromatic rings. The maximum atomic E-state index is 12.1. The number of carbonyl (C=O) groups excluding carboxylic acids is 1. The van der Waals surface area contributed by atoms with Crippen molar-refractivity contribution in [2.45, 2.75) is 19.5 Å². The van der Waals surface area contributed by atoms with Crippen LogP contribution in [-0.2, 0) is 16.1 Å². The molecule has 2 rings (SSSR count). The van der Waals surface area contributed by atoms with Crippen molar-refractivity contribution in [3.63, 3.8) is 0 Å². The van der Waals surface area contributed by atoms with Gasteiger partial charge in [-0.25, -0.2) is 0 Å². The van der Waals surface area contributed by atoms with E-state index in [4.69, 9.17) is 4.42 Å². The number of hydrogen-bond acceptors (Lipinski definition) is 4. The molecule has 1 amide bonds. The first-order valence-electron chi connectivity index (χ1n) is 6.23. The minimum Gasteiger partial charge on any atom is -0.481 e. The molecule has 2 heterocycles. The Morgan fingerprint density at radius 3 is 2.84 bits per heavy atom. The summed E-state index contributed by atoms with van der Waals surface area (Å²) in [6.45, 7) is 2.82. The molecule has 0 saturated carbocycles.